The molecule has 1 aromatic heterocycles. The third kappa shape index (κ3) is 0.783. The van der Waals surface area contributed by atoms with Crippen LogP contribution in [0.3, 0.4) is 0 Å². The standard InChI is InChI=1S/C10H6N2O/c13-9-5-6-1-2-8-7(3-4-11-8)10(6)12-9/h1-5,11H. The average molecular weight is 170 g/mol. The number of benzene rings is 1. The van der Waals surface area contributed by atoms with Crippen LogP contribution in [0, 0.1) is 0 Å². The Hall–Kier alpha value is -1.90. The lowest BCUT2D eigenvalue weighted by molar-refractivity contribution is -0.112. The van der Waals surface area contributed by atoms with Gasteiger partial charge in [0.15, 0.2) is 0 Å². The van der Waals surface area contributed by atoms with Crippen molar-refractivity contribution in [3.05, 3.63) is 35.0 Å². The van der Waals surface area contributed by atoms with Crippen LogP contribution in [0.25, 0.3) is 17.0 Å². The average Bonchev–Trinajstić information content (AvgIpc) is 2.65. The quantitative estimate of drug-likeness (QED) is 0.599. The lowest BCUT2D eigenvalue weighted by atomic mass is 10.2. The van der Waals surface area contributed by atoms with E-state index in [-0.39, 0.29) is 5.91 Å². The summed E-state index contributed by atoms with van der Waals surface area (Å²) in [7, 11) is 0. The van der Waals surface area contributed by atoms with Crippen molar-refractivity contribution in [2.24, 2.45) is 4.99 Å². The number of aromatic nitrogens is 1. The second-order valence-electron chi connectivity index (χ2n) is 3.04. The molecule has 0 unspecified atom stereocenters. The van der Waals surface area contributed by atoms with Gasteiger partial charge in [-0.15, -0.1) is 0 Å². The Morgan fingerprint density at radius 2 is 2.15 bits per heavy atom. The predicted molar refractivity (Wildman–Crippen MR) is 48.6 cm³/mol. The Bertz CT molecular complexity index is 622. The summed E-state index contributed by atoms with van der Waals surface area (Å²) >= 11 is 0. The van der Waals surface area contributed by atoms with E-state index < -0.39 is 0 Å². The van der Waals surface area contributed by atoms with Gasteiger partial charge in [-0.1, -0.05) is 6.07 Å². The molecule has 1 aliphatic rings. The van der Waals surface area contributed by atoms with Crippen molar-refractivity contribution in [3.8, 4) is 0 Å². The lowest BCUT2D eigenvalue weighted by Crippen LogP contribution is -2.21. The summed E-state index contributed by atoms with van der Waals surface area (Å²) in [5, 5.41) is 2.72. The highest BCUT2D eigenvalue weighted by atomic mass is 16.1. The highest BCUT2D eigenvalue weighted by Crippen LogP contribution is 2.04. The monoisotopic (exact) mass is 170 g/mol. The lowest BCUT2D eigenvalue weighted by Gasteiger charge is -1.87. The number of amides is 1. The fraction of sp³-hybridized carbons (Fsp3) is 0. The molecule has 62 valence electrons. The first kappa shape index (κ1) is 6.60. The zero-order chi connectivity index (χ0) is 8.84. The van der Waals surface area contributed by atoms with Gasteiger partial charge in [0.1, 0.15) is 0 Å². The van der Waals surface area contributed by atoms with Crippen molar-refractivity contribution in [1.82, 2.24) is 4.98 Å². The van der Waals surface area contributed by atoms with Crippen LogP contribution >= 0.6 is 0 Å². The third-order valence-electron chi connectivity index (χ3n) is 2.24. The molecule has 0 saturated carbocycles. The van der Waals surface area contributed by atoms with Gasteiger partial charge in [0.25, 0.3) is 5.91 Å². The zero-order valence-corrected chi connectivity index (χ0v) is 6.74. The molecule has 3 nitrogen and oxygen atoms in total. The smallest absolute Gasteiger partial charge is 0.270 e. The van der Waals surface area contributed by atoms with Crippen molar-refractivity contribution in [3.63, 3.8) is 0 Å². The molecule has 3 rings (SSSR count). The second kappa shape index (κ2) is 2.07. The number of fused-ring (bicyclic) bond motifs is 3. The van der Waals surface area contributed by atoms with Gasteiger partial charge in [-0.3, -0.25) is 4.79 Å². The molecule has 0 aliphatic carbocycles. The number of H-pyrrole nitrogens is 1. The molecule has 13 heavy (non-hydrogen) atoms. The molecule has 3 heteroatoms. The molecule has 1 N–H and O–H groups in total. The van der Waals surface area contributed by atoms with Crippen LogP contribution in [-0.2, 0) is 4.79 Å². The van der Waals surface area contributed by atoms with Crippen molar-refractivity contribution in [2.75, 3.05) is 0 Å². The molecule has 0 atom stereocenters. The zero-order valence-electron chi connectivity index (χ0n) is 6.74. The van der Waals surface area contributed by atoms with E-state index in [4.69, 9.17) is 0 Å². The predicted octanol–water partition coefficient (Wildman–Crippen LogP) is 0.108. The van der Waals surface area contributed by atoms with Gasteiger partial charge in [-0.05, 0) is 12.1 Å². The van der Waals surface area contributed by atoms with E-state index in [1.165, 1.54) is 0 Å². The minimum absolute atomic E-state index is 0.163. The van der Waals surface area contributed by atoms with Gasteiger partial charge >= 0.3 is 0 Å². The molecule has 2 aromatic rings. The van der Waals surface area contributed by atoms with Crippen molar-refractivity contribution in [1.29, 1.82) is 0 Å². The highest BCUT2D eigenvalue weighted by molar-refractivity contribution is 6.07. The van der Waals surface area contributed by atoms with Gasteiger partial charge in [0.2, 0.25) is 0 Å². The number of hydrogen-bond donors (Lipinski definition) is 1. The maximum absolute atomic E-state index is 11.0. The number of aromatic amines is 1. The topological polar surface area (TPSA) is 45.2 Å². The van der Waals surface area contributed by atoms with Crippen molar-refractivity contribution < 1.29 is 4.79 Å². The molecule has 1 aliphatic heterocycles. The largest absolute Gasteiger partial charge is 0.361 e. The molecule has 1 amide bonds. The molecule has 0 radical (unpaired) electrons. The number of hydrogen-bond acceptors (Lipinski definition) is 1. The van der Waals surface area contributed by atoms with Gasteiger partial charge in [-0.2, -0.15) is 0 Å². The van der Waals surface area contributed by atoms with E-state index in [9.17, 15) is 4.79 Å². The summed E-state index contributed by atoms with van der Waals surface area (Å²) < 4.78 is 0. The number of rotatable bonds is 0. The van der Waals surface area contributed by atoms with Gasteiger partial charge < -0.3 is 4.98 Å². The Morgan fingerprint density at radius 1 is 1.23 bits per heavy atom. The summed E-state index contributed by atoms with van der Waals surface area (Å²) in [6.07, 6.45) is 3.41. The number of carbonyl (C=O) groups excluding carboxylic acids is 1. The van der Waals surface area contributed by atoms with E-state index in [2.05, 4.69) is 9.98 Å². The van der Waals surface area contributed by atoms with Crippen molar-refractivity contribution in [2.45, 2.75) is 0 Å². The van der Waals surface area contributed by atoms with E-state index in [0.29, 0.717) is 0 Å². The maximum Gasteiger partial charge on any atom is 0.270 e. The molecule has 1 aromatic carbocycles. The van der Waals surface area contributed by atoms with Crippen LogP contribution < -0.4 is 10.6 Å². The Kier molecular flexibility index (Phi) is 1.05. The third-order valence-corrected chi connectivity index (χ3v) is 2.24. The molecule has 0 fully saturated rings. The molecule has 0 saturated heterocycles. The van der Waals surface area contributed by atoms with Crippen molar-refractivity contribution >= 4 is 22.9 Å². The molecule has 0 bridgehead atoms. The summed E-state index contributed by atoms with van der Waals surface area (Å²) in [4.78, 5) is 18.1. The first-order valence-corrected chi connectivity index (χ1v) is 4.05. The fourth-order valence-corrected chi connectivity index (χ4v) is 1.65. The van der Waals surface area contributed by atoms with Crippen LogP contribution in [0.4, 0.5) is 0 Å². The Balaban J connectivity index is 2.69. The minimum atomic E-state index is -0.163. The normalized spacial score (nSPS) is 14.0. The fourth-order valence-electron chi connectivity index (χ4n) is 1.65. The van der Waals surface area contributed by atoms with Gasteiger partial charge in [0, 0.05) is 28.4 Å². The van der Waals surface area contributed by atoms with E-state index >= 15 is 0 Å². The highest BCUT2D eigenvalue weighted by Gasteiger charge is 2.06. The Morgan fingerprint density at radius 3 is 3.08 bits per heavy atom. The molecule has 2 heterocycles. The summed E-state index contributed by atoms with van der Waals surface area (Å²) in [5.41, 5.74) is 1.02. The Labute approximate surface area is 73.4 Å². The summed E-state index contributed by atoms with van der Waals surface area (Å²) in [5.74, 6) is -0.163. The van der Waals surface area contributed by atoms with E-state index in [0.717, 1.165) is 21.5 Å². The van der Waals surface area contributed by atoms with Gasteiger partial charge in [-0.25, -0.2) is 4.99 Å². The molecular weight excluding hydrogens is 164 g/mol. The number of nitrogens with one attached hydrogen (secondary N) is 1. The van der Waals surface area contributed by atoms with Gasteiger partial charge in [0.05, 0.1) is 5.36 Å². The van der Waals surface area contributed by atoms with Crippen LogP contribution in [-0.4, -0.2) is 10.9 Å². The van der Waals surface area contributed by atoms with Crippen LogP contribution in [0.2, 0.25) is 0 Å². The summed E-state index contributed by atoms with van der Waals surface area (Å²) in [6, 6.07) is 5.80. The number of carbonyl (C=O) groups is 1. The second-order valence-corrected chi connectivity index (χ2v) is 3.04. The van der Waals surface area contributed by atoms with E-state index in [1.54, 1.807) is 6.08 Å². The number of nitrogens with zero attached hydrogens (tertiary/aromatic N) is 1. The van der Waals surface area contributed by atoms with Crippen LogP contribution in [0.15, 0.2) is 29.4 Å². The summed E-state index contributed by atoms with van der Waals surface area (Å²) in [6.45, 7) is 0. The first-order valence-electron chi connectivity index (χ1n) is 4.05. The minimum Gasteiger partial charge on any atom is -0.361 e. The maximum atomic E-state index is 11.0. The van der Waals surface area contributed by atoms with Crippen LogP contribution in [0.5, 0.6) is 0 Å². The first-order chi connectivity index (χ1) is 6.34. The molecular formula is C10H6N2O. The SMILES string of the molecule is O=C1C=c2ccc3[nH]ccc3c2=N1. The van der Waals surface area contributed by atoms with Crippen LogP contribution in [0.1, 0.15) is 0 Å². The molecule has 0 spiro atoms. The van der Waals surface area contributed by atoms with E-state index in [1.807, 2.05) is 24.4 Å².